The van der Waals surface area contributed by atoms with E-state index in [4.69, 9.17) is 9.47 Å². The molecule has 9 heteroatoms. The maximum atomic E-state index is 12.4. The third-order valence-corrected chi connectivity index (χ3v) is 5.16. The summed E-state index contributed by atoms with van der Waals surface area (Å²) in [5, 5.41) is 12.2. The number of carbonyl (C=O) groups is 1. The van der Waals surface area contributed by atoms with Crippen LogP contribution in [0, 0.1) is 5.92 Å². The first kappa shape index (κ1) is 19.3. The second kappa shape index (κ2) is 8.52. The number of benzene rings is 1. The van der Waals surface area contributed by atoms with Crippen LogP contribution in [0.2, 0.25) is 0 Å². The SMILES string of the molecule is CC(C)Cn1c(SCC(=O)Nc2ccc3c(c2)OCO3)nnc1-c1ccncc1. The van der Waals surface area contributed by atoms with Crippen molar-refractivity contribution in [2.45, 2.75) is 25.5 Å². The minimum Gasteiger partial charge on any atom is -0.454 e. The van der Waals surface area contributed by atoms with Crippen LogP contribution in [0.15, 0.2) is 47.9 Å². The highest BCUT2D eigenvalue weighted by molar-refractivity contribution is 7.99. The van der Waals surface area contributed by atoms with Crippen LogP contribution in [0.3, 0.4) is 0 Å². The van der Waals surface area contributed by atoms with Crippen LogP contribution in [-0.2, 0) is 11.3 Å². The van der Waals surface area contributed by atoms with Crippen LogP contribution in [0.25, 0.3) is 11.4 Å². The van der Waals surface area contributed by atoms with Gasteiger partial charge in [-0.25, -0.2) is 0 Å². The molecule has 3 aromatic rings. The van der Waals surface area contributed by atoms with E-state index in [1.54, 1.807) is 30.6 Å². The molecule has 0 unspecified atom stereocenters. The number of hydrogen-bond acceptors (Lipinski definition) is 7. The maximum Gasteiger partial charge on any atom is 0.234 e. The normalized spacial score (nSPS) is 12.4. The summed E-state index contributed by atoms with van der Waals surface area (Å²) in [6.45, 7) is 5.24. The van der Waals surface area contributed by atoms with Gasteiger partial charge in [-0.05, 0) is 30.2 Å². The molecule has 3 heterocycles. The van der Waals surface area contributed by atoms with E-state index in [1.165, 1.54) is 11.8 Å². The van der Waals surface area contributed by atoms with Gasteiger partial charge in [-0.15, -0.1) is 10.2 Å². The zero-order chi connectivity index (χ0) is 20.2. The van der Waals surface area contributed by atoms with Crippen LogP contribution in [0.4, 0.5) is 5.69 Å². The van der Waals surface area contributed by atoms with Gasteiger partial charge in [-0.3, -0.25) is 9.78 Å². The van der Waals surface area contributed by atoms with Gasteiger partial charge in [0.1, 0.15) is 0 Å². The molecule has 29 heavy (non-hydrogen) atoms. The van der Waals surface area contributed by atoms with Crippen molar-refractivity contribution in [3.05, 3.63) is 42.7 Å². The van der Waals surface area contributed by atoms with E-state index >= 15 is 0 Å². The summed E-state index contributed by atoms with van der Waals surface area (Å²) in [6.07, 6.45) is 3.46. The summed E-state index contributed by atoms with van der Waals surface area (Å²) in [6, 6.07) is 9.14. The Kier molecular flexibility index (Phi) is 5.66. The first-order chi connectivity index (χ1) is 14.1. The Morgan fingerprint density at radius 1 is 1.17 bits per heavy atom. The average Bonchev–Trinajstić information content (AvgIpc) is 3.33. The fourth-order valence-electron chi connectivity index (χ4n) is 2.94. The van der Waals surface area contributed by atoms with E-state index in [-0.39, 0.29) is 18.5 Å². The Morgan fingerprint density at radius 3 is 2.76 bits per heavy atom. The van der Waals surface area contributed by atoms with Gasteiger partial charge in [-0.2, -0.15) is 0 Å². The lowest BCUT2D eigenvalue weighted by Crippen LogP contribution is -2.15. The minimum atomic E-state index is -0.126. The Morgan fingerprint density at radius 2 is 1.97 bits per heavy atom. The standard InChI is InChI=1S/C20H21N5O3S/c1-13(2)10-25-19(14-5-7-21-8-6-14)23-24-20(25)29-11-18(26)22-15-3-4-16-17(9-15)28-12-27-16/h3-9,13H,10-12H2,1-2H3,(H,22,26). The number of ether oxygens (including phenoxy) is 2. The summed E-state index contributed by atoms with van der Waals surface area (Å²) in [4.78, 5) is 16.5. The molecule has 8 nitrogen and oxygen atoms in total. The molecule has 0 saturated heterocycles. The molecule has 0 aliphatic carbocycles. The molecule has 0 spiro atoms. The molecule has 1 aromatic carbocycles. The lowest BCUT2D eigenvalue weighted by Gasteiger charge is -2.12. The van der Waals surface area contributed by atoms with E-state index in [0.717, 1.165) is 17.9 Å². The number of rotatable bonds is 7. The maximum absolute atomic E-state index is 12.4. The van der Waals surface area contributed by atoms with Gasteiger partial charge in [0.2, 0.25) is 12.7 Å². The Labute approximate surface area is 172 Å². The third kappa shape index (κ3) is 4.51. The summed E-state index contributed by atoms with van der Waals surface area (Å²) in [5.74, 6) is 2.60. The van der Waals surface area contributed by atoms with E-state index in [2.05, 4.69) is 38.9 Å². The summed E-state index contributed by atoms with van der Waals surface area (Å²) < 4.78 is 12.7. The third-order valence-electron chi connectivity index (χ3n) is 4.19. The van der Waals surface area contributed by atoms with Gasteiger partial charge in [0.05, 0.1) is 5.75 Å². The first-order valence-electron chi connectivity index (χ1n) is 9.26. The van der Waals surface area contributed by atoms with Crippen molar-refractivity contribution in [3.63, 3.8) is 0 Å². The number of pyridine rings is 1. The molecule has 0 bridgehead atoms. The fraction of sp³-hybridized carbons (Fsp3) is 0.300. The second-order valence-corrected chi connectivity index (χ2v) is 7.89. The number of amides is 1. The zero-order valence-electron chi connectivity index (χ0n) is 16.2. The number of nitrogens with one attached hydrogen (secondary N) is 1. The van der Waals surface area contributed by atoms with Gasteiger partial charge in [0, 0.05) is 36.3 Å². The lowest BCUT2D eigenvalue weighted by atomic mass is 10.2. The van der Waals surface area contributed by atoms with Crippen molar-refractivity contribution in [1.29, 1.82) is 0 Å². The van der Waals surface area contributed by atoms with Crippen molar-refractivity contribution >= 4 is 23.4 Å². The Bertz CT molecular complexity index is 1010. The second-order valence-electron chi connectivity index (χ2n) is 6.95. The first-order valence-corrected chi connectivity index (χ1v) is 10.2. The average molecular weight is 411 g/mol. The van der Waals surface area contributed by atoms with E-state index in [0.29, 0.717) is 28.3 Å². The largest absolute Gasteiger partial charge is 0.454 e. The number of thioether (sulfide) groups is 1. The molecule has 1 aliphatic rings. The quantitative estimate of drug-likeness (QED) is 0.595. The van der Waals surface area contributed by atoms with Gasteiger partial charge < -0.3 is 19.4 Å². The number of aromatic nitrogens is 4. The van der Waals surface area contributed by atoms with Crippen LogP contribution in [0.5, 0.6) is 11.5 Å². The van der Waals surface area contributed by atoms with Gasteiger partial charge >= 0.3 is 0 Å². The molecule has 1 amide bonds. The molecule has 0 radical (unpaired) electrons. The summed E-state index contributed by atoms with van der Waals surface area (Å²) in [7, 11) is 0. The molecular formula is C20H21N5O3S. The van der Waals surface area contributed by atoms with Crippen molar-refractivity contribution in [3.8, 4) is 22.9 Å². The highest BCUT2D eigenvalue weighted by atomic mass is 32.2. The molecule has 1 N–H and O–H groups in total. The number of hydrogen-bond donors (Lipinski definition) is 1. The molecule has 4 rings (SSSR count). The van der Waals surface area contributed by atoms with E-state index in [9.17, 15) is 4.79 Å². The predicted molar refractivity (Wildman–Crippen MR) is 110 cm³/mol. The van der Waals surface area contributed by atoms with Gasteiger partial charge in [0.25, 0.3) is 0 Å². The number of anilines is 1. The van der Waals surface area contributed by atoms with Crippen molar-refractivity contribution < 1.29 is 14.3 Å². The molecule has 0 saturated carbocycles. The minimum absolute atomic E-state index is 0.126. The molecule has 150 valence electrons. The highest BCUT2D eigenvalue weighted by Gasteiger charge is 2.18. The molecule has 0 atom stereocenters. The Balaban J connectivity index is 1.45. The summed E-state index contributed by atoms with van der Waals surface area (Å²) >= 11 is 1.36. The molecule has 2 aromatic heterocycles. The monoisotopic (exact) mass is 411 g/mol. The Hall–Kier alpha value is -3.07. The number of nitrogens with zero attached hydrogens (tertiary/aromatic N) is 4. The molecular weight excluding hydrogens is 390 g/mol. The van der Waals surface area contributed by atoms with Crippen LogP contribution in [0.1, 0.15) is 13.8 Å². The van der Waals surface area contributed by atoms with Crippen molar-refractivity contribution in [2.24, 2.45) is 5.92 Å². The fourth-order valence-corrected chi connectivity index (χ4v) is 3.69. The smallest absolute Gasteiger partial charge is 0.234 e. The topological polar surface area (TPSA) is 91.2 Å². The lowest BCUT2D eigenvalue weighted by molar-refractivity contribution is -0.113. The van der Waals surface area contributed by atoms with Crippen molar-refractivity contribution in [1.82, 2.24) is 19.7 Å². The summed E-state index contributed by atoms with van der Waals surface area (Å²) in [5.41, 5.74) is 1.62. The molecule has 1 aliphatic heterocycles. The highest BCUT2D eigenvalue weighted by Crippen LogP contribution is 2.34. The molecule has 0 fully saturated rings. The predicted octanol–water partition coefficient (Wildman–Crippen LogP) is 3.46. The number of fused-ring (bicyclic) bond motifs is 1. The number of carbonyl (C=O) groups excluding carboxylic acids is 1. The van der Waals surface area contributed by atoms with Gasteiger partial charge in [0.15, 0.2) is 22.5 Å². The van der Waals surface area contributed by atoms with E-state index in [1.807, 2.05) is 12.1 Å². The zero-order valence-corrected chi connectivity index (χ0v) is 17.0. The van der Waals surface area contributed by atoms with E-state index < -0.39 is 0 Å². The van der Waals surface area contributed by atoms with Gasteiger partial charge in [-0.1, -0.05) is 25.6 Å². The van der Waals surface area contributed by atoms with Crippen molar-refractivity contribution in [2.75, 3.05) is 17.9 Å². The van der Waals surface area contributed by atoms with Crippen LogP contribution in [-0.4, -0.2) is 38.2 Å². The van der Waals surface area contributed by atoms with Crippen LogP contribution < -0.4 is 14.8 Å². The van der Waals surface area contributed by atoms with Crippen LogP contribution >= 0.6 is 11.8 Å².